The maximum atomic E-state index is 12.4. The average Bonchev–Trinajstić information content (AvgIpc) is 2.60. The highest BCUT2D eigenvalue weighted by molar-refractivity contribution is 7.89. The highest BCUT2D eigenvalue weighted by atomic mass is 35.5. The number of anilines is 1. The van der Waals surface area contributed by atoms with Crippen molar-refractivity contribution in [3.63, 3.8) is 0 Å². The van der Waals surface area contributed by atoms with Gasteiger partial charge in [0.1, 0.15) is 16.4 Å². The molecule has 2 N–H and O–H groups in total. The van der Waals surface area contributed by atoms with Gasteiger partial charge in [0, 0.05) is 5.02 Å². The number of methoxy groups -OCH3 is 2. The summed E-state index contributed by atoms with van der Waals surface area (Å²) in [5.41, 5.74) is 0.439. The van der Waals surface area contributed by atoms with Crippen LogP contribution < -0.4 is 19.5 Å². The van der Waals surface area contributed by atoms with E-state index >= 15 is 0 Å². The zero-order valence-corrected chi connectivity index (χ0v) is 15.1. The summed E-state index contributed by atoms with van der Waals surface area (Å²) in [5.74, 6) is 0.0475. The molecule has 2 rings (SSSR count). The third kappa shape index (κ3) is 4.85. The predicted molar refractivity (Wildman–Crippen MR) is 94.8 cm³/mol. The quantitative estimate of drug-likeness (QED) is 0.763. The van der Waals surface area contributed by atoms with E-state index < -0.39 is 22.5 Å². The summed E-state index contributed by atoms with van der Waals surface area (Å²) in [5, 5.41) is 2.81. The van der Waals surface area contributed by atoms with Gasteiger partial charge in [-0.05, 0) is 30.3 Å². The minimum absolute atomic E-state index is 0.127. The molecule has 0 aromatic heterocycles. The number of hydrogen-bond donors (Lipinski definition) is 2. The number of ether oxygens (including phenoxy) is 2. The number of benzene rings is 2. The second-order valence-electron chi connectivity index (χ2n) is 4.87. The number of nitrogens with one attached hydrogen (secondary N) is 2. The number of carbonyl (C=O) groups is 1. The van der Waals surface area contributed by atoms with Gasteiger partial charge in [-0.3, -0.25) is 4.79 Å². The molecule has 0 heterocycles. The number of halogens is 1. The lowest BCUT2D eigenvalue weighted by atomic mass is 10.3. The van der Waals surface area contributed by atoms with E-state index in [9.17, 15) is 13.2 Å². The van der Waals surface area contributed by atoms with Crippen LogP contribution in [-0.2, 0) is 14.8 Å². The number of para-hydroxylation sites is 2. The van der Waals surface area contributed by atoms with E-state index in [0.29, 0.717) is 11.4 Å². The van der Waals surface area contributed by atoms with E-state index in [4.69, 9.17) is 21.1 Å². The van der Waals surface area contributed by atoms with Crippen LogP contribution in [0.15, 0.2) is 47.4 Å². The van der Waals surface area contributed by atoms with Gasteiger partial charge in [0.25, 0.3) is 0 Å². The molecule has 0 radical (unpaired) electrons. The van der Waals surface area contributed by atoms with Crippen molar-refractivity contribution >= 4 is 33.2 Å². The first-order chi connectivity index (χ1) is 11.9. The van der Waals surface area contributed by atoms with Gasteiger partial charge in [0.05, 0.1) is 26.5 Å². The molecular weight excluding hydrogens is 368 g/mol. The maximum absolute atomic E-state index is 12.4. The lowest BCUT2D eigenvalue weighted by Crippen LogP contribution is -2.33. The Morgan fingerprint density at radius 2 is 1.76 bits per heavy atom. The molecule has 0 unspecified atom stereocenters. The van der Waals surface area contributed by atoms with Crippen molar-refractivity contribution in [2.45, 2.75) is 4.90 Å². The number of carbonyl (C=O) groups excluding carboxylic acids is 1. The van der Waals surface area contributed by atoms with E-state index in [1.165, 1.54) is 32.4 Å². The van der Waals surface area contributed by atoms with Gasteiger partial charge in [-0.2, -0.15) is 0 Å². The summed E-state index contributed by atoms with van der Waals surface area (Å²) < 4.78 is 37.1. The van der Waals surface area contributed by atoms with E-state index in [2.05, 4.69) is 10.0 Å². The molecule has 0 atom stereocenters. The molecule has 2 aromatic carbocycles. The Morgan fingerprint density at radius 1 is 1.08 bits per heavy atom. The molecule has 9 heteroatoms. The molecule has 0 saturated carbocycles. The largest absolute Gasteiger partial charge is 0.495 e. The minimum atomic E-state index is -3.98. The van der Waals surface area contributed by atoms with Gasteiger partial charge in [0.15, 0.2) is 0 Å². The van der Waals surface area contributed by atoms with Crippen molar-refractivity contribution in [3.05, 3.63) is 47.5 Å². The van der Waals surface area contributed by atoms with Gasteiger partial charge in [-0.15, -0.1) is 0 Å². The molecule has 0 aliphatic rings. The van der Waals surface area contributed by atoms with Crippen LogP contribution in [0.25, 0.3) is 0 Å². The fourth-order valence-electron chi connectivity index (χ4n) is 2.04. The molecule has 0 aliphatic heterocycles. The van der Waals surface area contributed by atoms with Crippen molar-refractivity contribution in [1.29, 1.82) is 0 Å². The summed E-state index contributed by atoms with van der Waals surface area (Å²) >= 11 is 5.84. The molecule has 25 heavy (non-hydrogen) atoms. The first kappa shape index (κ1) is 19.0. The fourth-order valence-corrected chi connectivity index (χ4v) is 3.45. The van der Waals surface area contributed by atoms with Crippen molar-refractivity contribution in [3.8, 4) is 11.5 Å². The van der Waals surface area contributed by atoms with Crippen molar-refractivity contribution < 1.29 is 22.7 Å². The Labute approximate surface area is 151 Å². The van der Waals surface area contributed by atoms with Gasteiger partial charge < -0.3 is 14.8 Å². The van der Waals surface area contributed by atoms with Crippen molar-refractivity contribution in [2.75, 3.05) is 26.1 Å². The molecule has 0 saturated heterocycles. The fraction of sp³-hybridized carbons (Fsp3) is 0.188. The van der Waals surface area contributed by atoms with Crippen molar-refractivity contribution in [2.24, 2.45) is 0 Å². The van der Waals surface area contributed by atoms with Gasteiger partial charge in [-0.25, -0.2) is 13.1 Å². The Hall–Kier alpha value is -2.29. The van der Waals surface area contributed by atoms with E-state index in [0.717, 1.165) is 0 Å². The van der Waals surface area contributed by atoms with Crippen LogP contribution >= 0.6 is 11.6 Å². The van der Waals surface area contributed by atoms with Crippen LogP contribution in [0.5, 0.6) is 11.5 Å². The standard InChI is InChI=1S/C16H17ClN2O5S/c1-23-13-6-4-3-5-12(13)19-16(20)10-18-25(21,22)15-9-11(17)7-8-14(15)24-2/h3-9,18H,10H2,1-2H3,(H,19,20). The van der Waals surface area contributed by atoms with Gasteiger partial charge in [-0.1, -0.05) is 23.7 Å². The van der Waals surface area contributed by atoms with E-state index in [1.54, 1.807) is 24.3 Å². The first-order valence-corrected chi connectivity index (χ1v) is 8.99. The molecule has 0 bridgehead atoms. The molecule has 7 nitrogen and oxygen atoms in total. The highest BCUT2D eigenvalue weighted by Crippen LogP contribution is 2.27. The monoisotopic (exact) mass is 384 g/mol. The Bertz CT molecular complexity index is 871. The molecule has 2 aromatic rings. The summed E-state index contributed by atoms with van der Waals surface area (Å²) in [6.45, 7) is -0.462. The third-order valence-electron chi connectivity index (χ3n) is 3.22. The predicted octanol–water partition coefficient (Wildman–Crippen LogP) is 2.27. The van der Waals surface area contributed by atoms with Crippen LogP contribution in [0.1, 0.15) is 0 Å². The number of sulfonamides is 1. The normalized spacial score (nSPS) is 11.0. The number of rotatable bonds is 7. The number of amides is 1. The lowest BCUT2D eigenvalue weighted by molar-refractivity contribution is -0.115. The zero-order chi connectivity index (χ0) is 18.4. The van der Waals surface area contributed by atoms with Crippen LogP contribution in [0, 0.1) is 0 Å². The molecule has 0 aliphatic carbocycles. The van der Waals surface area contributed by atoms with Gasteiger partial charge >= 0.3 is 0 Å². The zero-order valence-electron chi connectivity index (χ0n) is 13.6. The summed E-state index contributed by atoms with van der Waals surface area (Å²) in [6, 6.07) is 11.0. The van der Waals surface area contributed by atoms with Gasteiger partial charge in [0.2, 0.25) is 15.9 Å². The topological polar surface area (TPSA) is 93.7 Å². The van der Waals surface area contributed by atoms with Crippen molar-refractivity contribution in [1.82, 2.24) is 4.72 Å². The lowest BCUT2D eigenvalue weighted by Gasteiger charge is -2.12. The van der Waals surface area contributed by atoms with Crippen LogP contribution in [0.3, 0.4) is 0 Å². The second-order valence-corrected chi connectivity index (χ2v) is 7.04. The second kappa shape index (κ2) is 8.19. The molecule has 1 amide bonds. The minimum Gasteiger partial charge on any atom is -0.495 e. The average molecular weight is 385 g/mol. The van der Waals surface area contributed by atoms with E-state index in [1.807, 2.05) is 0 Å². The Kier molecular flexibility index (Phi) is 6.24. The summed E-state index contributed by atoms with van der Waals surface area (Å²) in [6.07, 6.45) is 0. The maximum Gasteiger partial charge on any atom is 0.244 e. The third-order valence-corrected chi connectivity index (χ3v) is 4.88. The summed E-state index contributed by atoms with van der Waals surface area (Å²) in [4.78, 5) is 11.9. The summed E-state index contributed by atoms with van der Waals surface area (Å²) in [7, 11) is -1.16. The number of hydrogen-bond acceptors (Lipinski definition) is 5. The molecule has 134 valence electrons. The van der Waals surface area contributed by atoms with Crippen LogP contribution in [0.2, 0.25) is 5.02 Å². The Balaban J connectivity index is 2.09. The Morgan fingerprint density at radius 3 is 2.44 bits per heavy atom. The first-order valence-electron chi connectivity index (χ1n) is 7.13. The van der Waals surface area contributed by atoms with Crippen LogP contribution in [0.4, 0.5) is 5.69 Å². The van der Waals surface area contributed by atoms with E-state index in [-0.39, 0.29) is 15.7 Å². The molecule has 0 fully saturated rings. The molecule has 0 spiro atoms. The SMILES string of the molecule is COc1ccccc1NC(=O)CNS(=O)(=O)c1cc(Cl)ccc1OC. The highest BCUT2D eigenvalue weighted by Gasteiger charge is 2.21. The van der Waals surface area contributed by atoms with Crippen LogP contribution in [-0.4, -0.2) is 35.1 Å². The smallest absolute Gasteiger partial charge is 0.244 e. The molecular formula is C16H17ClN2O5S.